The lowest BCUT2D eigenvalue weighted by molar-refractivity contribution is -0.130. The van der Waals surface area contributed by atoms with Crippen molar-refractivity contribution in [1.82, 2.24) is 9.88 Å². The predicted molar refractivity (Wildman–Crippen MR) is 104 cm³/mol. The zero-order valence-corrected chi connectivity index (χ0v) is 16.6. The number of carbonyl (C=O) groups excluding carboxylic acids is 2. The van der Waals surface area contributed by atoms with Crippen molar-refractivity contribution in [2.45, 2.75) is 24.8 Å². The quantitative estimate of drug-likeness (QED) is 0.753. The molecule has 2 heterocycles. The summed E-state index contributed by atoms with van der Waals surface area (Å²) in [7, 11) is 0. The van der Waals surface area contributed by atoms with Crippen LogP contribution in [0.5, 0.6) is 0 Å². The second-order valence-corrected chi connectivity index (χ2v) is 9.26. The normalized spacial score (nSPS) is 19.0. The van der Waals surface area contributed by atoms with E-state index in [1.807, 2.05) is 19.2 Å². The van der Waals surface area contributed by atoms with Gasteiger partial charge in [0.15, 0.2) is 5.13 Å². The van der Waals surface area contributed by atoms with E-state index in [-0.39, 0.29) is 5.91 Å². The van der Waals surface area contributed by atoms with Gasteiger partial charge < -0.3 is 10.2 Å². The highest BCUT2D eigenvalue weighted by atomic mass is 35.5. The second-order valence-electron chi connectivity index (χ2n) is 5.94. The maximum absolute atomic E-state index is 12.5. The minimum Gasteiger partial charge on any atom is -0.318 e. The van der Waals surface area contributed by atoms with E-state index in [9.17, 15) is 9.59 Å². The van der Waals surface area contributed by atoms with Gasteiger partial charge in [0.05, 0.1) is 15.6 Å². The molecule has 25 heavy (non-hydrogen) atoms. The summed E-state index contributed by atoms with van der Waals surface area (Å²) in [6.07, 6.45) is 0.727. The molecule has 3 rings (SSSR count). The van der Waals surface area contributed by atoms with Gasteiger partial charge in [-0.1, -0.05) is 23.2 Å². The number of hydrogen-bond acceptors (Lipinski definition) is 5. The van der Waals surface area contributed by atoms with Crippen molar-refractivity contribution >= 4 is 63.7 Å². The molecule has 1 N–H and O–H groups in total. The number of amides is 2. The van der Waals surface area contributed by atoms with Gasteiger partial charge in [0.1, 0.15) is 6.04 Å². The van der Waals surface area contributed by atoms with Crippen molar-refractivity contribution in [3.8, 4) is 11.3 Å². The third kappa shape index (κ3) is 3.79. The van der Waals surface area contributed by atoms with Crippen molar-refractivity contribution in [2.24, 2.45) is 0 Å². The average molecular weight is 416 g/mol. The molecule has 1 aromatic carbocycles. The molecule has 1 saturated heterocycles. The highest BCUT2D eigenvalue weighted by Gasteiger charge is 2.43. The van der Waals surface area contributed by atoms with Crippen LogP contribution in [0.4, 0.5) is 5.13 Å². The fraction of sp³-hybridized carbons (Fsp3) is 0.312. The third-order valence-electron chi connectivity index (χ3n) is 3.91. The molecule has 1 unspecified atom stereocenters. The minimum absolute atomic E-state index is 0.242. The van der Waals surface area contributed by atoms with Crippen molar-refractivity contribution in [2.75, 3.05) is 11.1 Å². The largest absolute Gasteiger partial charge is 0.318 e. The van der Waals surface area contributed by atoms with Gasteiger partial charge >= 0.3 is 0 Å². The van der Waals surface area contributed by atoms with E-state index in [4.69, 9.17) is 23.2 Å². The molecular weight excluding hydrogens is 401 g/mol. The summed E-state index contributed by atoms with van der Waals surface area (Å²) in [4.78, 5) is 29.4. The van der Waals surface area contributed by atoms with Crippen LogP contribution in [0.1, 0.15) is 13.8 Å². The maximum Gasteiger partial charge on any atom is 0.249 e. The Bertz CT molecular complexity index is 825. The molecule has 1 aromatic heterocycles. The van der Waals surface area contributed by atoms with E-state index >= 15 is 0 Å². The Labute approximate surface area is 163 Å². The number of carbonyl (C=O) groups is 2. The standard InChI is InChI=1S/C16H15Cl2N3O2S2/c1-16(2)21(8-22)13(7-25-16)14(23)20-15-19-12(6-24-15)10-4-3-9(17)5-11(10)18/h3-6,8,13H,7H2,1-2H3,(H,19,20,23). The highest BCUT2D eigenvalue weighted by molar-refractivity contribution is 8.00. The predicted octanol–water partition coefficient (Wildman–Crippen LogP) is 4.37. The van der Waals surface area contributed by atoms with Crippen LogP contribution in [-0.2, 0) is 9.59 Å². The summed E-state index contributed by atoms with van der Waals surface area (Å²) < 4.78 is 0. The van der Waals surface area contributed by atoms with E-state index in [0.29, 0.717) is 26.6 Å². The molecule has 5 nitrogen and oxygen atoms in total. The summed E-state index contributed by atoms with van der Waals surface area (Å²) in [5, 5.41) is 6.12. The fourth-order valence-electron chi connectivity index (χ4n) is 2.56. The van der Waals surface area contributed by atoms with Gasteiger partial charge in [-0.05, 0) is 32.0 Å². The van der Waals surface area contributed by atoms with Crippen LogP contribution in [0, 0.1) is 0 Å². The molecule has 9 heteroatoms. The first kappa shape index (κ1) is 18.5. The van der Waals surface area contributed by atoms with E-state index in [1.165, 1.54) is 16.2 Å². The summed E-state index contributed by atoms with van der Waals surface area (Å²) in [5.41, 5.74) is 1.41. The second kappa shape index (κ2) is 7.15. The number of rotatable bonds is 4. The molecule has 2 aromatic rings. The zero-order valence-electron chi connectivity index (χ0n) is 13.5. The molecule has 1 aliphatic rings. The summed E-state index contributed by atoms with van der Waals surface area (Å²) in [6.45, 7) is 3.84. The van der Waals surface area contributed by atoms with Crippen molar-refractivity contribution in [3.63, 3.8) is 0 Å². The molecule has 1 atom stereocenters. The number of thioether (sulfide) groups is 1. The Morgan fingerprint density at radius 1 is 1.44 bits per heavy atom. The van der Waals surface area contributed by atoms with Crippen molar-refractivity contribution < 1.29 is 9.59 Å². The Morgan fingerprint density at radius 2 is 2.20 bits per heavy atom. The lowest BCUT2D eigenvalue weighted by atomic mass is 10.2. The number of nitrogens with zero attached hydrogens (tertiary/aromatic N) is 2. The Hall–Kier alpha value is -1.28. The van der Waals surface area contributed by atoms with Crippen LogP contribution in [0.3, 0.4) is 0 Å². The number of benzene rings is 1. The topological polar surface area (TPSA) is 62.3 Å². The Morgan fingerprint density at radius 3 is 2.88 bits per heavy atom. The Balaban J connectivity index is 1.75. The molecular formula is C16H15Cl2N3O2S2. The molecule has 1 aliphatic heterocycles. The van der Waals surface area contributed by atoms with Gasteiger partial charge in [0.2, 0.25) is 12.3 Å². The zero-order chi connectivity index (χ0) is 18.2. The van der Waals surface area contributed by atoms with Crippen molar-refractivity contribution in [3.05, 3.63) is 33.6 Å². The first-order valence-electron chi connectivity index (χ1n) is 7.41. The number of halogens is 2. The Kier molecular flexibility index (Phi) is 5.29. The monoisotopic (exact) mass is 415 g/mol. The van der Waals surface area contributed by atoms with Crippen LogP contribution >= 0.6 is 46.3 Å². The summed E-state index contributed by atoms with van der Waals surface area (Å²) in [5.74, 6) is 0.312. The first-order valence-corrected chi connectivity index (χ1v) is 10.0. The summed E-state index contributed by atoms with van der Waals surface area (Å²) >= 11 is 15.0. The lowest BCUT2D eigenvalue weighted by Crippen LogP contribution is -2.47. The molecule has 0 bridgehead atoms. The fourth-order valence-corrected chi connectivity index (χ4v) is 4.97. The van der Waals surface area contributed by atoms with Crippen LogP contribution in [0.15, 0.2) is 23.6 Å². The van der Waals surface area contributed by atoms with Crippen LogP contribution in [0.25, 0.3) is 11.3 Å². The van der Waals surface area contributed by atoms with Gasteiger partial charge in [-0.25, -0.2) is 4.98 Å². The van der Waals surface area contributed by atoms with Gasteiger partial charge in [-0.2, -0.15) is 0 Å². The average Bonchev–Trinajstić information content (AvgIpc) is 3.10. The van der Waals surface area contributed by atoms with E-state index in [1.54, 1.807) is 30.0 Å². The van der Waals surface area contributed by atoms with Crippen LogP contribution < -0.4 is 5.32 Å². The minimum atomic E-state index is -0.510. The molecule has 0 aliphatic carbocycles. The van der Waals surface area contributed by atoms with Gasteiger partial charge in [-0.15, -0.1) is 23.1 Å². The number of anilines is 1. The number of aromatic nitrogens is 1. The number of thiazole rings is 1. The highest BCUT2D eigenvalue weighted by Crippen LogP contribution is 2.38. The van der Waals surface area contributed by atoms with Gasteiger partial charge in [-0.3, -0.25) is 9.59 Å². The van der Waals surface area contributed by atoms with Crippen LogP contribution in [-0.4, -0.2) is 38.9 Å². The SMILES string of the molecule is CC1(C)SCC(C(=O)Nc2nc(-c3ccc(Cl)cc3Cl)cs2)N1C=O. The molecule has 1 fully saturated rings. The molecule has 2 amide bonds. The van der Waals surface area contributed by atoms with E-state index in [2.05, 4.69) is 10.3 Å². The number of nitrogens with one attached hydrogen (secondary N) is 1. The molecule has 0 radical (unpaired) electrons. The van der Waals surface area contributed by atoms with E-state index in [0.717, 1.165) is 12.0 Å². The van der Waals surface area contributed by atoms with E-state index < -0.39 is 10.9 Å². The third-order valence-corrected chi connectivity index (χ3v) is 6.61. The van der Waals surface area contributed by atoms with Crippen LogP contribution in [0.2, 0.25) is 10.0 Å². The first-order chi connectivity index (χ1) is 11.8. The lowest BCUT2D eigenvalue weighted by Gasteiger charge is -2.29. The maximum atomic E-state index is 12.5. The summed E-state index contributed by atoms with van der Waals surface area (Å²) in [6, 6.07) is 4.66. The molecule has 0 saturated carbocycles. The number of hydrogen-bond donors (Lipinski definition) is 1. The van der Waals surface area contributed by atoms with Gasteiger partial charge in [0, 0.05) is 21.7 Å². The van der Waals surface area contributed by atoms with Crippen molar-refractivity contribution in [1.29, 1.82) is 0 Å². The smallest absolute Gasteiger partial charge is 0.249 e. The van der Waals surface area contributed by atoms with Gasteiger partial charge in [0.25, 0.3) is 0 Å². The molecule has 0 spiro atoms. The molecule has 132 valence electrons.